The maximum atomic E-state index is 2.39. The fraction of sp³-hybridized carbons (Fsp3) is 0.429. The monoisotopic (exact) mass is 280 g/mol. The lowest BCUT2D eigenvalue weighted by molar-refractivity contribution is 0.348. The number of aryl methyl sites for hydroxylation is 1. The molecule has 0 aromatic heterocycles. The third-order valence-corrected chi connectivity index (χ3v) is 4.78. The minimum absolute atomic E-state index is 0. The fourth-order valence-electron chi connectivity index (χ4n) is 3.29. The molecule has 1 aliphatic rings. The van der Waals surface area contributed by atoms with Crippen molar-refractivity contribution in [1.82, 2.24) is 0 Å². The third kappa shape index (κ3) is 3.75. The first-order chi connectivity index (χ1) is 9.72. The molecule has 1 aliphatic carbocycles. The first-order valence-electron chi connectivity index (χ1n) is 7.89. The zero-order valence-corrected chi connectivity index (χ0v) is 12.6. The highest BCUT2D eigenvalue weighted by Gasteiger charge is 2.19. The first kappa shape index (κ1) is 15.8. The summed E-state index contributed by atoms with van der Waals surface area (Å²) in [5, 5.41) is 0. The quantitative estimate of drug-likeness (QED) is 0.582. The molecule has 0 radical (unpaired) electrons. The van der Waals surface area contributed by atoms with Crippen molar-refractivity contribution in [2.45, 2.75) is 52.9 Å². The van der Waals surface area contributed by atoms with Crippen molar-refractivity contribution in [3.8, 4) is 11.1 Å². The molecular weight excluding hydrogens is 252 g/mol. The molecule has 1 fully saturated rings. The Kier molecular flexibility index (Phi) is 5.22. The molecule has 112 valence electrons. The van der Waals surface area contributed by atoms with Gasteiger partial charge in [0.15, 0.2) is 0 Å². The highest BCUT2D eigenvalue weighted by atomic mass is 14.2. The van der Waals surface area contributed by atoms with Crippen LogP contribution in [0, 0.1) is 12.8 Å². The highest BCUT2D eigenvalue weighted by Crippen LogP contribution is 2.36. The van der Waals surface area contributed by atoms with Crippen molar-refractivity contribution in [3.05, 3.63) is 59.7 Å². The topological polar surface area (TPSA) is 0 Å². The van der Waals surface area contributed by atoms with E-state index in [2.05, 4.69) is 62.4 Å². The Hall–Kier alpha value is -1.56. The molecule has 0 bridgehead atoms. The second-order valence-electron chi connectivity index (χ2n) is 6.44. The van der Waals surface area contributed by atoms with Crippen LogP contribution in [0.5, 0.6) is 0 Å². The van der Waals surface area contributed by atoms with Crippen LogP contribution in [0.1, 0.15) is 57.1 Å². The van der Waals surface area contributed by atoms with Crippen LogP contribution in [0.3, 0.4) is 0 Å². The summed E-state index contributed by atoms with van der Waals surface area (Å²) in [5.74, 6) is 1.72. The van der Waals surface area contributed by atoms with Gasteiger partial charge in [0.1, 0.15) is 0 Å². The molecule has 0 atom stereocenters. The lowest BCUT2D eigenvalue weighted by Crippen LogP contribution is -2.10. The number of rotatable bonds is 2. The Morgan fingerprint density at radius 2 is 1.19 bits per heavy atom. The average molecular weight is 280 g/mol. The van der Waals surface area contributed by atoms with Crippen LogP contribution in [0.15, 0.2) is 48.5 Å². The highest BCUT2D eigenvalue weighted by molar-refractivity contribution is 5.64. The lowest BCUT2D eigenvalue weighted by Gasteiger charge is -2.26. The van der Waals surface area contributed by atoms with E-state index in [-0.39, 0.29) is 7.43 Å². The maximum absolute atomic E-state index is 2.39. The van der Waals surface area contributed by atoms with E-state index in [0.717, 1.165) is 11.8 Å². The molecule has 21 heavy (non-hydrogen) atoms. The van der Waals surface area contributed by atoms with Crippen molar-refractivity contribution in [2.75, 3.05) is 0 Å². The molecule has 2 aromatic carbocycles. The Bertz CT molecular complexity index is 540. The number of benzene rings is 2. The fourth-order valence-corrected chi connectivity index (χ4v) is 3.29. The van der Waals surface area contributed by atoms with Crippen LogP contribution in [0.2, 0.25) is 0 Å². The zero-order valence-electron chi connectivity index (χ0n) is 12.6. The van der Waals surface area contributed by atoms with Crippen LogP contribution in [-0.4, -0.2) is 0 Å². The maximum Gasteiger partial charge on any atom is -0.0162 e. The van der Waals surface area contributed by atoms with Crippen molar-refractivity contribution >= 4 is 0 Å². The van der Waals surface area contributed by atoms with Gasteiger partial charge < -0.3 is 0 Å². The zero-order chi connectivity index (χ0) is 13.9. The van der Waals surface area contributed by atoms with Gasteiger partial charge in [-0.1, -0.05) is 81.3 Å². The number of hydrogen-bond acceptors (Lipinski definition) is 0. The second kappa shape index (κ2) is 6.93. The van der Waals surface area contributed by atoms with E-state index in [0.29, 0.717) is 0 Å². The largest absolute Gasteiger partial charge is 0.0776 e. The molecule has 0 spiro atoms. The molecule has 0 unspecified atom stereocenters. The average Bonchev–Trinajstić information content (AvgIpc) is 2.49. The molecule has 2 aromatic rings. The Morgan fingerprint density at radius 1 is 0.714 bits per heavy atom. The van der Waals surface area contributed by atoms with Gasteiger partial charge in [-0.15, -0.1) is 0 Å². The Morgan fingerprint density at radius 3 is 1.71 bits per heavy atom. The van der Waals surface area contributed by atoms with Crippen molar-refractivity contribution in [3.63, 3.8) is 0 Å². The predicted octanol–water partition coefficient (Wildman–Crippen LogP) is 6.59. The summed E-state index contributed by atoms with van der Waals surface area (Å²) in [7, 11) is 0. The first-order valence-corrected chi connectivity index (χ1v) is 7.89. The molecule has 3 rings (SSSR count). The molecule has 0 amide bonds. The molecule has 0 heteroatoms. The molecule has 0 aliphatic heterocycles. The van der Waals surface area contributed by atoms with E-state index in [9.17, 15) is 0 Å². The summed E-state index contributed by atoms with van der Waals surface area (Å²) < 4.78 is 0. The number of hydrogen-bond donors (Lipinski definition) is 0. The minimum atomic E-state index is 0. The van der Waals surface area contributed by atoms with Crippen LogP contribution in [0.25, 0.3) is 11.1 Å². The van der Waals surface area contributed by atoms with E-state index in [1.807, 2.05) is 0 Å². The van der Waals surface area contributed by atoms with Gasteiger partial charge in [0, 0.05) is 0 Å². The van der Waals surface area contributed by atoms with Gasteiger partial charge in [-0.25, -0.2) is 0 Å². The molecular formula is C21H28. The van der Waals surface area contributed by atoms with Crippen molar-refractivity contribution in [1.29, 1.82) is 0 Å². The van der Waals surface area contributed by atoms with E-state index < -0.39 is 0 Å². The molecule has 0 N–H and O–H groups in total. The van der Waals surface area contributed by atoms with Gasteiger partial charge in [-0.05, 0) is 48.3 Å². The Balaban J connectivity index is 0.00000161. The van der Waals surface area contributed by atoms with Gasteiger partial charge in [0.05, 0.1) is 0 Å². The second-order valence-corrected chi connectivity index (χ2v) is 6.44. The normalized spacial score (nSPS) is 21.6. The van der Waals surface area contributed by atoms with Gasteiger partial charge in [0.2, 0.25) is 0 Å². The van der Waals surface area contributed by atoms with Crippen LogP contribution in [-0.2, 0) is 0 Å². The minimum Gasteiger partial charge on any atom is -0.0776 e. The molecule has 0 nitrogen and oxygen atoms in total. The molecule has 1 saturated carbocycles. The van der Waals surface area contributed by atoms with E-state index in [1.54, 1.807) is 0 Å². The lowest BCUT2D eigenvalue weighted by atomic mass is 9.79. The molecule has 0 saturated heterocycles. The third-order valence-electron chi connectivity index (χ3n) is 4.78. The summed E-state index contributed by atoms with van der Waals surface area (Å²) in [6, 6.07) is 18.1. The van der Waals surface area contributed by atoms with Crippen LogP contribution >= 0.6 is 0 Å². The van der Waals surface area contributed by atoms with Gasteiger partial charge >= 0.3 is 0 Å². The summed E-state index contributed by atoms with van der Waals surface area (Å²) >= 11 is 0. The van der Waals surface area contributed by atoms with E-state index >= 15 is 0 Å². The van der Waals surface area contributed by atoms with Crippen molar-refractivity contribution in [2.24, 2.45) is 5.92 Å². The molecule has 0 heterocycles. The van der Waals surface area contributed by atoms with Gasteiger partial charge in [-0.3, -0.25) is 0 Å². The van der Waals surface area contributed by atoms with Gasteiger partial charge in [-0.2, -0.15) is 0 Å². The van der Waals surface area contributed by atoms with E-state index in [1.165, 1.54) is 47.9 Å². The SMILES string of the molecule is C.Cc1ccc(-c2ccc(C3CCC(C)CC3)cc2)cc1. The summed E-state index contributed by atoms with van der Waals surface area (Å²) in [6.45, 7) is 4.52. The standard InChI is InChI=1S/C20H24.CH4/c1-15-3-7-17(8-4-15)19-11-13-20(14-12-19)18-9-5-16(2)6-10-18;/h3-4,7-8,11-14,16,18H,5-6,9-10H2,1-2H3;1H4. The summed E-state index contributed by atoms with van der Waals surface area (Å²) in [4.78, 5) is 0. The smallest absolute Gasteiger partial charge is 0.0162 e. The summed E-state index contributed by atoms with van der Waals surface area (Å²) in [5.41, 5.74) is 5.51. The Labute approximate surface area is 130 Å². The van der Waals surface area contributed by atoms with Crippen LogP contribution in [0.4, 0.5) is 0 Å². The van der Waals surface area contributed by atoms with Crippen molar-refractivity contribution < 1.29 is 0 Å². The van der Waals surface area contributed by atoms with Gasteiger partial charge in [0.25, 0.3) is 0 Å². The van der Waals surface area contributed by atoms with Crippen LogP contribution < -0.4 is 0 Å². The summed E-state index contributed by atoms with van der Waals surface area (Å²) in [6.07, 6.45) is 5.52. The predicted molar refractivity (Wildman–Crippen MR) is 93.7 cm³/mol. The van der Waals surface area contributed by atoms with E-state index in [4.69, 9.17) is 0 Å².